The molecule has 0 saturated heterocycles. The Labute approximate surface area is 104 Å². The zero-order valence-corrected chi connectivity index (χ0v) is 10.3. The molecule has 0 spiro atoms. The van der Waals surface area contributed by atoms with Crippen LogP contribution < -0.4 is 5.56 Å². The van der Waals surface area contributed by atoms with Crippen LogP contribution in [-0.4, -0.2) is 20.9 Å². The predicted molar refractivity (Wildman–Crippen MR) is 67.7 cm³/mol. The first-order valence-electron chi connectivity index (χ1n) is 5.78. The second kappa shape index (κ2) is 4.60. The second-order valence-electron chi connectivity index (χ2n) is 4.11. The van der Waals surface area contributed by atoms with Gasteiger partial charge in [0.1, 0.15) is 0 Å². The number of carboxylic acid groups (broad SMARTS) is 1. The fraction of sp³-hybridized carbons (Fsp3) is 0.308. The third-order valence-corrected chi connectivity index (χ3v) is 2.98. The van der Waals surface area contributed by atoms with Gasteiger partial charge in [0.05, 0.1) is 17.0 Å². The molecular formula is C13H14N2O3. The normalized spacial score (nSPS) is 12.6. The van der Waals surface area contributed by atoms with E-state index in [2.05, 4.69) is 5.10 Å². The first kappa shape index (κ1) is 12.3. The van der Waals surface area contributed by atoms with E-state index in [9.17, 15) is 9.59 Å². The van der Waals surface area contributed by atoms with E-state index >= 15 is 0 Å². The lowest BCUT2D eigenvalue weighted by molar-refractivity contribution is -0.138. The second-order valence-corrected chi connectivity index (χ2v) is 4.11. The minimum Gasteiger partial charge on any atom is -0.481 e. The Kier molecular flexibility index (Phi) is 3.14. The van der Waals surface area contributed by atoms with E-state index in [0.717, 1.165) is 0 Å². The molecular weight excluding hydrogens is 232 g/mol. The molecule has 0 radical (unpaired) electrons. The van der Waals surface area contributed by atoms with Gasteiger partial charge in [0.25, 0.3) is 5.56 Å². The summed E-state index contributed by atoms with van der Waals surface area (Å²) in [6.07, 6.45) is 0. The lowest BCUT2D eigenvalue weighted by atomic mass is 10.0. The third-order valence-electron chi connectivity index (χ3n) is 2.98. The smallest absolute Gasteiger partial charge is 0.312 e. The van der Waals surface area contributed by atoms with Gasteiger partial charge in [0.15, 0.2) is 0 Å². The molecule has 1 aromatic carbocycles. The largest absolute Gasteiger partial charge is 0.481 e. The molecule has 94 valence electrons. The number of hydrogen-bond donors (Lipinski definition) is 1. The van der Waals surface area contributed by atoms with Gasteiger partial charge in [-0.15, -0.1) is 0 Å². The monoisotopic (exact) mass is 246 g/mol. The van der Waals surface area contributed by atoms with E-state index in [0.29, 0.717) is 23.0 Å². The fourth-order valence-corrected chi connectivity index (χ4v) is 1.91. The number of carboxylic acids is 1. The minimum atomic E-state index is -0.950. The molecule has 1 aromatic heterocycles. The molecule has 5 heteroatoms. The quantitative estimate of drug-likeness (QED) is 0.892. The Morgan fingerprint density at radius 3 is 2.56 bits per heavy atom. The van der Waals surface area contributed by atoms with E-state index in [1.807, 2.05) is 0 Å². The van der Waals surface area contributed by atoms with Crippen LogP contribution in [0.25, 0.3) is 10.8 Å². The van der Waals surface area contributed by atoms with Crippen LogP contribution in [0, 0.1) is 0 Å². The highest BCUT2D eigenvalue weighted by molar-refractivity contribution is 5.88. The SMILES string of the molecule is CCn1nc([C@H](C)C(=O)O)c2ccccc2c1=O. The topological polar surface area (TPSA) is 72.2 Å². The molecule has 0 aliphatic carbocycles. The summed E-state index contributed by atoms with van der Waals surface area (Å²) < 4.78 is 1.30. The van der Waals surface area contributed by atoms with Crippen molar-refractivity contribution in [1.82, 2.24) is 9.78 Å². The van der Waals surface area contributed by atoms with Crippen LogP contribution in [0.15, 0.2) is 29.1 Å². The summed E-state index contributed by atoms with van der Waals surface area (Å²) in [6.45, 7) is 3.79. The zero-order chi connectivity index (χ0) is 13.3. The molecule has 0 fully saturated rings. The van der Waals surface area contributed by atoms with E-state index in [-0.39, 0.29) is 5.56 Å². The molecule has 1 heterocycles. The van der Waals surface area contributed by atoms with Gasteiger partial charge in [-0.1, -0.05) is 18.2 Å². The Bertz CT molecular complexity index is 661. The molecule has 5 nitrogen and oxygen atoms in total. The van der Waals surface area contributed by atoms with Gasteiger partial charge < -0.3 is 5.11 Å². The zero-order valence-electron chi connectivity index (χ0n) is 10.3. The molecule has 2 rings (SSSR count). The number of benzene rings is 1. The van der Waals surface area contributed by atoms with Crippen LogP contribution in [0.3, 0.4) is 0 Å². The van der Waals surface area contributed by atoms with Crippen LogP contribution in [0.2, 0.25) is 0 Å². The number of fused-ring (bicyclic) bond motifs is 1. The van der Waals surface area contributed by atoms with Crippen molar-refractivity contribution < 1.29 is 9.90 Å². The fourth-order valence-electron chi connectivity index (χ4n) is 1.91. The summed E-state index contributed by atoms with van der Waals surface area (Å²) in [7, 11) is 0. The molecule has 0 amide bonds. The molecule has 0 aliphatic rings. The highest BCUT2D eigenvalue weighted by Crippen LogP contribution is 2.21. The highest BCUT2D eigenvalue weighted by Gasteiger charge is 2.20. The molecule has 18 heavy (non-hydrogen) atoms. The van der Waals surface area contributed by atoms with E-state index in [1.165, 1.54) is 4.68 Å². The average Bonchev–Trinajstić information content (AvgIpc) is 2.38. The maximum absolute atomic E-state index is 12.1. The molecule has 1 N–H and O–H groups in total. The Hall–Kier alpha value is -2.17. The van der Waals surface area contributed by atoms with Crippen molar-refractivity contribution in [2.24, 2.45) is 0 Å². The Balaban J connectivity index is 2.84. The average molecular weight is 246 g/mol. The Morgan fingerprint density at radius 1 is 1.39 bits per heavy atom. The molecule has 0 saturated carbocycles. The minimum absolute atomic E-state index is 0.186. The predicted octanol–water partition coefficient (Wildman–Crippen LogP) is 1.60. The number of nitrogens with zero attached hydrogens (tertiary/aromatic N) is 2. The summed E-state index contributed by atoms with van der Waals surface area (Å²) in [4.78, 5) is 23.2. The number of hydrogen-bond acceptors (Lipinski definition) is 3. The van der Waals surface area contributed by atoms with Crippen LogP contribution in [0.4, 0.5) is 0 Å². The van der Waals surface area contributed by atoms with Crippen LogP contribution in [-0.2, 0) is 11.3 Å². The summed E-state index contributed by atoms with van der Waals surface area (Å²) in [6, 6.07) is 6.97. The number of carbonyl (C=O) groups is 1. The highest BCUT2D eigenvalue weighted by atomic mass is 16.4. The van der Waals surface area contributed by atoms with Gasteiger partial charge in [-0.25, -0.2) is 4.68 Å². The Morgan fingerprint density at radius 2 is 2.00 bits per heavy atom. The molecule has 0 aliphatic heterocycles. The number of aliphatic carboxylic acids is 1. The lowest BCUT2D eigenvalue weighted by Gasteiger charge is -2.12. The maximum Gasteiger partial charge on any atom is 0.312 e. The van der Waals surface area contributed by atoms with Crippen molar-refractivity contribution in [1.29, 1.82) is 0 Å². The number of aryl methyl sites for hydroxylation is 1. The number of aromatic nitrogens is 2. The van der Waals surface area contributed by atoms with Gasteiger partial charge >= 0.3 is 5.97 Å². The number of rotatable bonds is 3. The summed E-state index contributed by atoms with van der Waals surface area (Å²) in [5.74, 6) is -1.69. The van der Waals surface area contributed by atoms with Crippen LogP contribution >= 0.6 is 0 Å². The van der Waals surface area contributed by atoms with Crippen LogP contribution in [0.1, 0.15) is 25.5 Å². The van der Waals surface area contributed by atoms with Gasteiger partial charge in [-0.2, -0.15) is 5.10 Å². The first-order valence-corrected chi connectivity index (χ1v) is 5.78. The van der Waals surface area contributed by atoms with Crippen molar-refractivity contribution in [3.05, 3.63) is 40.3 Å². The summed E-state index contributed by atoms with van der Waals surface area (Å²) in [5, 5.41) is 14.4. The molecule has 1 atom stereocenters. The van der Waals surface area contributed by atoms with Crippen LogP contribution in [0.5, 0.6) is 0 Å². The van der Waals surface area contributed by atoms with E-state index in [1.54, 1.807) is 38.1 Å². The lowest BCUT2D eigenvalue weighted by Crippen LogP contribution is -2.25. The standard InChI is InChI=1S/C13H14N2O3/c1-3-15-12(16)10-7-5-4-6-9(10)11(14-15)8(2)13(17)18/h4-8H,3H2,1-2H3,(H,17,18)/t8-/m0/s1. The van der Waals surface area contributed by atoms with Crippen molar-refractivity contribution in [2.45, 2.75) is 26.3 Å². The molecule has 0 bridgehead atoms. The molecule has 2 aromatic rings. The van der Waals surface area contributed by atoms with Gasteiger partial charge in [0, 0.05) is 11.9 Å². The van der Waals surface area contributed by atoms with Gasteiger partial charge in [-0.3, -0.25) is 9.59 Å². The van der Waals surface area contributed by atoms with Crippen molar-refractivity contribution in [2.75, 3.05) is 0 Å². The summed E-state index contributed by atoms with van der Waals surface area (Å²) in [5.41, 5.74) is 0.244. The molecule has 0 unspecified atom stereocenters. The van der Waals surface area contributed by atoms with Gasteiger partial charge in [0.2, 0.25) is 0 Å². The van der Waals surface area contributed by atoms with Crippen molar-refractivity contribution in [3.63, 3.8) is 0 Å². The van der Waals surface area contributed by atoms with Crippen molar-refractivity contribution in [3.8, 4) is 0 Å². The van der Waals surface area contributed by atoms with E-state index < -0.39 is 11.9 Å². The summed E-state index contributed by atoms with van der Waals surface area (Å²) >= 11 is 0. The third kappa shape index (κ3) is 1.88. The maximum atomic E-state index is 12.1. The first-order chi connectivity index (χ1) is 8.56. The van der Waals surface area contributed by atoms with Crippen molar-refractivity contribution >= 4 is 16.7 Å². The van der Waals surface area contributed by atoms with Gasteiger partial charge in [-0.05, 0) is 19.9 Å². The van der Waals surface area contributed by atoms with E-state index in [4.69, 9.17) is 5.11 Å².